The lowest BCUT2D eigenvalue weighted by atomic mass is 9.99. The molecule has 0 saturated carbocycles. The molecule has 1 unspecified atom stereocenters. The number of ether oxygens (including phenoxy) is 1. The topological polar surface area (TPSA) is 24.5 Å². The molecule has 0 amide bonds. The van der Waals surface area contributed by atoms with Crippen molar-refractivity contribution < 1.29 is 4.74 Å². The standard InChI is InChI=1S/C13H28N2O/c1-13(2,3)14-7-9-15-8-5-6-12(10-15)11-16-4/h12,14H,5-11H2,1-4H3. The summed E-state index contributed by atoms with van der Waals surface area (Å²) >= 11 is 0. The molecule has 1 aliphatic heterocycles. The molecule has 0 aliphatic carbocycles. The molecule has 0 spiro atoms. The van der Waals surface area contributed by atoms with Gasteiger partial charge in [0.25, 0.3) is 0 Å². The molecule has 0 bridgehead atoms. The number of hydrogen-bond acceptors (Lipinski definition) is 3. The first-order valence-electron chi connectivity index (χ1n) is 6.47. The van der Waals surface area contributed by atoms with E-state index in [9.17, 15) is 0 Å². The Morgan fingerprint density at radius 1 is 1.38 bits per heavy atom. The maximum Gasteiger partial charge on any atom is 0.0502 e. The molecule has 1 saturated heterocycles. The van der Waals surface area contributed by atoms with Crippen molar-refractivity contribution in [2.75, 3.05) is 39.9 Å². The van der Waals surface area contributed by atoms with E-state index < -0.39 is 0 Å². The fourth-order valence-corrected chi connectivity index (χ4v) is 2.32. The van der Waals surface area contributed by atoms with E-state index in [2.05, 4.69) is 31.0 Å². The molecule has 3 nitrogen and oxygen atoms in total. The van der Waals surface area contributed by atoms with Gasteiger partial charge in [0, 0.05) is 32.3 Å². The number of rotatable bonds is 5. The molecule has 96 valence electrons. The molecular formula is C13H28N2O. The van der Waals surface area contributed by atoms with Crippen LogP contribution in [0.25, 0.3) is 0 Å². The van der Waals surface area contributed by atoms with Crippen LogP contribution in [0.4, 0.5) is 0 Å². The second kappa shape index (κ2) is 6.58. The second-order valence-corrected chi connectivity index (χ2v) is 5.94. The van der Waals surface area contributed by atoms with Gasteiger partial charge < -0.3 is 15.0 Å². The Morgan fingerprint density at radius 3 is 2.75 bits per heavy atom. The van der Waals surface area contributed by atoms with Gasteiger partial charge in [-0.1, -0.05) is 0 Å². The first kappa shape index (κ1) is 13.9. The van der Waals surface area contributed by atoms with E-state index in [-0.39, 0.29) is 5.54 Å². The lowest BCUT2D eigenvalue weighted by Gasteiger charge is -2.33. The number of piperidine rings is 1. The summed E-state index contributed by atoms with van der Waals surface area (Å²) in [5.41, 5.74) is 0.238. The summed E-state index contributed by atoms with van der Waals surface area (Å²) in [7, 11) is 1.81. The Balaban J connectivity index is 2.16. The van der Waals surface area contributed by atoms with Crippen molar-refractivity contribution in [1.29, 1.82) is 0 Å². The summed E-state index contributed by atoms with van der Waals surface area (Å²) in [5, 5.41) is 3.54. The number of hydrogen-bond donors (Lipinski definition) is 1. The average Bonchev–Trinajstić information content (AvgIpc) is 2.17. The van der Waals surface area contributed by atoms with Gasteiger partial charge in [-0.3, -0.25) is 0 Å². The Morgan fingerprint density at radius 2 is 2.12 bits per heavy atom. The third-order valence-corrected chi connectivity index (χ3v) is 3.09. The van der Waals surface area contributed by atoms with Gasteiger partial charge in [0.2, 0.25) is 0 Å². The number of nitrogens with zero attached hydrogens (tertiary/aromatic N) is 1. The lowest BCUT2D eigenvalue weighted by Crippen LogP contribution is -2.44. The molecular weight excluding hydrogens is 200 g/mol. The van der Waals surface area contributed by atoms with E-state index in [1.807, 2.05) is 0 Å². The minimum atomic E-state index is 0.238. The van der Waals surface area contributed by atoms with Gasteiger partial charge in [-0.2, -0.15) is 0 Å². The summed E-state index contributed by atoms with van der Waals surface area (Å²) < 4.78 is 5.25. The van der Waals surface area contributed by atoms with Gasteiger partial charge in [0.15, 0.2) is 0 Å². The minimum Gasteiger partial charge on any atom is -0.384 e. The molecule has 1 atom stereocenters. The van der Waals surface area contributed by atoms with Gasteiger partial charge in [-0.25, -0.2) is 0 Å². The highest BCUT2D eigenvalue weighted by Crippen LogP contribution is 2.16. The molecule has 1 aliphatic rings. The van der Waals surface area contributed by atoms with Crippen molar-refractivity contribution in [3.8, 4) is 0 Å². The Labute approximate surface area is 101 Å². The normalized spacial score (nSPS) is 23.6. The largest absolute Gasteiger partial charge is 0.384 e. The van der Waals surface area contributed by atoms with Crippen LogP contribution in [0, 0.1) is 5.92 Å². The van der Waals surface area contributed by atoms with E-state index in [0.29, 0.717) is 0 Å². The molecule has 3 heteroatoms. The van der Waals surface area contributed by atoms with Crippen molar-refractivity contribution in [2.24, 2.45) is 5.92 Å². The van der Waals surface area contributed by atoms with Crippen LogP contribution >= 0.6 is 0 Å². The molecule has 0 radical (unpaired) electrons. The van der Waals surface area contributed by atoms with E-state index >= 15 is 0 Å². The third kappa shape index (κ3) is 5.83. The fourth-order valence-electron chi connectivity index (χ4n) is 2.32. The van der Waals surface area contributed by atoms with Crippen LogP contribution in [0.2, 0.25) is 0 Å². The van der Waals surface area contributed by atoms with E-state index in [4.69, 9.17) is 4.74 Å². The van der Waals surface area contributed by atoms with Crippen LogP contribution in [-0.4, -0.2) is 50.3 Å². The fraction of sp³-hybridized carbons (Fsp3) is 1.00. The van der Waals surface area contributed by atoms with E-state index in [0.717, 1.165) is 25.6 Å². The highest BCUT2D eigenvalue weighted by Gasteiger charge is 2.19. The minimum absolute atomic E-state index is 0.238. The van der Waals surface area contributed by atoms with Crippen molar-refractivity contribution >= 4 is 0 Å². The number of likely N-dealkylation sites (tertiary alicyclic amines) is 1. The van der Waals surface area contributed by atoms with Crippen LogP contribution < -0.4 is 5.32 Å². The average molecular weight is 228 g/mol. The zero-order valence-corrected chi connectivity index (χ0v) is 11.4. The molecule has 1 N–H and O–H groups in total. The first-order valence-corrected chi connectivity index (χ1v) is 6.47. The number of nitrogens with one attached hydrogen (secondary N) is 1. The highest BCUT2D eigenvalue weighted by atomic mass is 16.5. The first-order chi connectivity index (χ1) is 7.51. The SMILES string of the molecule is COCC1CCCN(CCNC(C)(C)C)C1. The third-order valence-electron chi connectivity index (χ3n) is 3.09. The van der Waals surface area contributed by atoms with E-state index in [1.54, 1.807) is 7.11 Å². The monoisotopic (exact) mass is 228 g/mol. The molecule has 0 aromatic carbocycles. The molecule has 16 heavy (non-hydrogen) atoms. The summed E-state index contributed by atoms with van der Waals surface area (Å²) in [6, 6.07) is 0. The van der Waals surface area contributed by atoms with Gasteiger partial charge >= 0.3 is 0 Å². The molecule has 1 rings (SSSR count). The predicted octanol–water partition coefficient (Wildman–Crippen LogP) is 1.73. The zero-order valence-electron chi connectivity index (χ0n) is 11.4. The van der Waals surface area contributed by atoms with Crippen molar-refractivity contribution in [2.45, 2.75) is 39.2 Å². The van der Waals surface area contributed by atoms with Crippen LogP contribution in [0.3, 0.4) is 0 Å². The molecule has 0 aromatic heterocycles. The van der Waals surface area contributed by atoms with Crippen molar-refractivity contribution in [3.05, 3.63) is 0 Å². The highest BCUT2D eigenvalue weighted by molar-refractivity contribution is 4.75. The molecule has 0 aromatic rings. The molecule has 1 heterocycles. The smallest absolute Gasteiger partial charge is 0.0502 e. The van der Waals surface area contributed by atoms with Gasteiger partial charge in [0.1, 0.15) is 0 Å². The maximum atomic E-state index is 5.25. The second-order valence-electron chi connectivity index (χ2n) is 5.94. The lowest BCUT2D eigenvalue weighted by molar-refractivity contribution is 0.0902. The van der Waals surface area contributed by atoms with Crippen LogP contribution in [0.1, 0.15) is 33.6 Å². The predicted molar refractivity (Wildman–Crippen MR) is 68.8 cm³/mol. The summed E-state index contributed by atoms with van der Waals surface area (Å²) in [6.07, 6.45) is 2.65. The maximum absolute atomic E-state index is 5.25. The Hall–Kier alpha value is -0.120. The van der Waals surface area contributed by atoms with Crippen molar-refractivity contribution in [1.82, 2.24) is 10.2 Å². The van der Waals surface area contributed by atoms with Crippen LogP contribution in [0.5, 0.6) is 0 Å². The number of methoxy groups -OCH3 is 1. The van der Waals surface area contributed by atoms with Crippen LogP contribution in [-0.2, 0) is 4.74 Å². The molecule has 1 fully saturated rings. The quantitative estimate of drug-likeness (QED) is 0.775. The van der Waals surface area contributed by atoms with Crippen molar-refractivity contribution in [3.63, 3.8) is 0 Å². The van der Waals surface area contributed by atoms with Crippen LogP contribution in [0.15, 0.2) is 0 Å². The van der Waals surface area contributed by atoms with Gasteiger partial charge in [0.05, 0.1) is 6.61 Å². The Bertz CT molecular complexity index is 187. The van der Waals surface area contributed by atoms with Gasteiger partial charge in [-0.05, 0) is 46.1 Å². The summed E-state index contributed by atoms with van der Waals surface area (Å²) in [5.74, 6) is 0.744. The van der Waals surface area contributed by atoms with E-state index in [1.165, 1.54) is 25.9 Å². The summed E-state index contributed by atoms with van der Waals surface area (Å²) in [4.78, 5) is 2.56. The summed E-state index contributed by atoms with van der Waals surface area (Å²) in [6.45, 7) is 12.3. The van der Waals surface area contributed by atoms with Gasteiger partial charge in [-0.15, -0.1) is 0 Å². The Kier molecular flexibility index (Phi) is 5.73. The zero-order chi connectivity index (χ0) is 12.0.